The number of imidazole rings is 1. The second-order valence-corrected chi connectivity index (χ2v) is 8.48. The van der Waals surface area contributed by atoms with Gasteiger partial charge >= 0.3 is 5.69 Å². The van der Waals surface area contributed by atoms with E-state index in [1.165, 1.54) is 23.4 Å². The summed E-state index contributed by atoms with van der Waals surface area (Å²) in [6.07, 6.45) is 2.34. The van der Waals surface area contributed by atoms with Crippen LogP contribution in [-0.2, 0) is 20.6 Å². The van der Waals surface area contributed by atoms with Crippen molar-refractivity contribution < 1.29 is 0 Å². The van der Waals surface area contributed by atoms with Crippen LogP contribution in [-0.4, -0.2) is 60.7 Å². The Kier molecular flexibility index (Phi) is 5.37. The molecule has 0 radical (unpaired) electrons. The van der Waals surface area contributed by atoms with Gasteiger partial charge in [-0.3, -0.25) is 32.6 Å². The fourth-order valence-electron chi connectivity index (χ4n) is 4.59. The number of hydrogen-bond donors (Lipinski definition) is 0. The van der Waals surface area contributed by atoms with Crippen molar-refractivity contribution in [1.29, 1.82) is 0 Å². The minimum Gasteiger partial charge on any atom is -0.369 e. The van der Waals surface area contributed by atoms with E-state index in [1.807, 2.05) is 6.07 Å². The standard InChI is InChI=1S/C23H27N7O3/c1-25-20-19(21(32)26(2)23(25)33)30-12-9-18(31)29(22(30)24-20)11-6-10-27-13-15-28(16-14-27)17-7-4-3-5-8-17/h3-5,7-9,12H,6,10-11,13-16H2,1-2H3. The van der Waals surface area contributed by atoms with Gasteiger partial charge in [-0.2, -0.15) is 4.98 Å². The summed E-state index contributed by atoms with van der Waals surface area (Å²) in [5.74, 6) is 0.379. The lowest BCUT2D eigenvalue weighted by molar-refractivity contribution is 0.250. The number of nitrogens with zero attached hydrogens (tertiary/aromatic N) is 7. The molecule has 10 nitrogen and oxygen atoms in total. The number of aryl methyl sites for hydroxylation is 2. The molecule has 4 aromatic rings. The van der Waals surface area contributed by atoms with E-state index in [9.17, 15) is 14.4 Å². The van der Waals surface area contributed by atoms with Crippen LogP contribution in [0.4, 0.5) is 5.69 Å². The highest BCUT2D eigenvalue weighted by molar-refractivity contribution is 5.75. The molecule has 10 heteroatoms. The minimum absolute atomic E-state index is 0.173. The van der Waals surface area contributed by atoms with Crippen LogP contribution in [0.25, 0.3) is 16.9 Å². The second kappa shape index (κ2) is 8.36. The van der Waals surface area contributed by atoms with E-state index in [-0.39, 0.29) is 11.2 Å². The number of anilines is 1. The van der Waals surface area contributed by atoms with Gasteiger partial charge in [0.1, 0.15) is 0 Å². The van der Waals surface area contributed by atoms with Gasteiger partial charge in [0.15, 0.2) is 11.2 Å². The quantitative estimate of drug-likeness (QED) is 0.434. The summed E-state index contributed by atoms with van der Waals surface area (Å²) < 4.78 is 5.59. The van der Waals surface area contributed by atoms with Gasteiger partial charge < -0.3 is 4.90 Å². The predicted octanol–water partition coefficient (Wildman–Crippen LogP) is 0.259. The Hall–Kier alpha value is -3.66. The van der Waals surface area contributed by atoms with Gasteiger partial charge in [0.25, 0.3) is 11.1 Å². The Bertz CT molecular complexity index is 1490. The summed E-state index contributed by atoms with van der Waals surface area (Å²) in [5.41, 5.74) is 0.775. The van der Waals surface area contributed by atoms with Gasteiger partial charge in [0.05, 0.1) is 0 Å². The van der Waals surface area contributed by atoms with E-state index in [1.54, 1.807) is 22.2 Å². The van der Waals surface area contributed by atoms with E-state index < -0.39 is 11.2 Å². The van der Waals surface area contributed by atoms with Crippen molar-refractivity contribution in [3.8, 4) is 0 Å². The Morgan fingerprint density at radius 2 is 1.61 bits per heavy atom. The lowest BCUT2D eigenvalue weighted by Gasteiger charge is -2.36. The summed E-state index contributed by atoms with van der Waals surface area (Å²) in [5, 5.41) is 0. The van der Waals surface area contributed by atoms with Crippen molar-refractivity contribution in [3.63, 3.8) is 0 Å². The highest BCUT2D eigenvalue weighted by Crippen LogP contribution is 2.16. The first-order chi connectivity index (χ1) is 16.0. The molecular formula is C23H27N7O3. The maximum atomic E-state index is 12.7. The minimum atomic E-state index is -0.445. The number of fused-ring (bicyclic) bond motifs is 3. The van der Waals surface area contributed by atoms with Crippen LogP contribution in [0.5, 0.6) is 0 Å². The summed E-state index contributed by atoms with van der Waals surface area (Å²) >= 11 is 0. The van der Waals surface area contributed by atoms with Crippen molar-refractivity contribution in [2.75, 3.05) is 37.6 Å². The number of benzene rings is 1. The molecule has 0 atom stereocenters. The third-order valence-electron chi connectivity index (χ3n) is 6.50. The normalized spacial score (nSPS) is 15.0. The third-order valence-corrected chi connectivity index (χ3v) is 6.50. The first-order valence-electron chi connectivity index (χ1n) is 11.2. The summed E-state index contributed by atoms with van der Waals surface area (Å²) in [7, 11) is 3.02. The lowest BCUT2D eigenvalue weighted by Crippen LogP contribution is -2.46. The SMILES string of the molecule is Cn1c(=O)c2c(nc3n(CCCN4CCN(c5ccccc5)CC4)c(=O)ccn23)n(C)c1=O. The van der Waals surface area contributed by atoms with Crippen LogP contribution in [0.3, 0.4) is 0 Å². The zero-order valence-corrected chi connectivity index (χ0v) is 18.8. The largest absolute Gasteiger partial charge is 0.369 e. The zero-order valence-electron chi connectivity index (χ0n) is 18.8. The van der Waals surface area contributed by atoms with Gasteiger partial charge in [0, 0.05) is 64.8 Å². The highest BCUT2D eigenvalue weighted by atomic mass is 16.2. The van der Waals surface area contributed by atoms with E-state index in [2.05, 4.69) is 39.0 Å². The fourth-order valence-corrected chi connectivity index (χ4v) is 4.59. The van der Waals surface area contributed by atoms with Crippen molar-refractivity contribution >= 4 is 22.6 Å². The van der Waals surface area contributed by atoms with Gasteiger partial charge in [-0.1, -0.05) is 18.2 Å². The molecule has 1 saturated heterocycles. The van der Waals surface area contributed by atoms with Crippen molar-refractivity contribution in [2.24, 2.45) is 14.1 Å². The number of rotatable bonds is 5. The number of piperazine rings is 1. The number of para-hydroxylation sites is 1. The summed E-state index contributed by atoms with van der Waals surface area (Å²) in [4.78, 5) is 46.9. The molecule has 1 aliphatic rings. The van der Waals surface area contributed by atoms with Crippen LogP contribution >= 0.6 is 0 Å². The van der Waals surface area contributed by atoms with Crippen LogP contribution in [0.15, 0.2) is 57.0 Å². The molecular weight excluding hydrogens is 422 g/mol. The molecule has 0 spiro atoms. The topological polar surface area (TPSA) is 89.8 Å². The second-order valence-electron chi connectivity index (χ2n) is 8.48. The predicted molar refractivity (Wildman–Crippen MR) is 127 cm³/mol. The first kappa shape index (κ1) is 21.2. The Labute approximate surface area is 189 Å². The summed E-state index contributed by atoms with van der Waals surface area (Å²) in [6, 6.07) is 11.9. The Balaban J connectivity index is 1.34. The zero-order chi connectivity index (χ0) is 23.1. The monoisotopic (exact) mass is 449 g/mol. The van der Waals surface area contributed by atoms with Crippen molar-refractivity contribution in [2.45, 2.75) is 13.0 Å². The number of hydrogen-bond acceptors (Lipinski definition) is 6. The molecule has 0 amide bonds. The van der Waals surface area contributed by atoms with E-state index in [4.69, 9.17) is 0 Å². The average Bonchev–Trinajstić information content (AvgIpc) is 3.24. The van der Waals surface area contributed by atoms with Gasteiger partial charge in [-0.25, -0.2) is 4.79 Å². The molecule has 0 N–H and O–H groups in total. The van der Waals surface area contributed by atoms with Gasteiger partial charge in [0.2, 0.25) is 5.78 Å². The molecule has 3 aromatic heterocycles. The van der Waals surface area contributed by atoms with Crippen LogP contribution < -0.4 is 21.7 Å². The van der Waals surface area contributed by atoms with E-state index >= 15 is 0 Å². The lowest BCUT2D eigenvalue weighted by atomic mass is 10.2. The van der Waals surface area contributed by atoms with Gasteiger partial charge in [-0.15, -0.1) is 0 Å². The Morgan fingerprint density at radius 3 is 2.33 bits per heavy atom. The van der Waals surface area contributed by atoms with Crippen LogP contribution in [0, 0.1) is 0 Å². The average molecular weight is 450 g/mol. The highest BCUT2D eigenvalue weighted by Gasteiger charge is 2.19. The molecule has 0 saturated carbocycles. The molecule has 172 valence electrons. The number of aromatic nitrogens is 5. The molecule has 4 heterocycles. The first-order valence-corrected chi connectivity index (χ1v) is 11.2. The molecule has 5 rings (SSSR count). The third kappa shape index (κ3) is 3.66. The van der Waals surface area contributed by atoms with Crippen molar-refractivity contribution in [3.05, 3.63) is 73.8 Å². The molecule has 1 aliphatic heterocycles. The molecule has 0 unspecified atom stereocenters. The van der Waals surface area contributed by atoms with E-state index in [0.29, 0.717) is 17.8 Å². The smallest absolute Gasteiger partial charge is 0.332 e. The molecule has 1 aromatic carbocycles. The molecule has 0 bridgehead atoms. The molecule has 33 heavy (non-hydrogen) atoms. The molecule has 1 fully saturated rings. The van der Waals surface area contributed by atoms with Gasteiger partial charge in [-0.05, 0) is 25.1 Å². The maximum absolute atomic E-state index is 12.7. The fraction of sp³-hybridized carbons (Fsp3) is 0.391. The van der Waals surface area contributed by atoms with E-state index in [0.717, 1.165) is 43.7 Å². The van der Waals surface area contributed by atoms with Crippen LogP contribution in [0.1, 0.15) is 6.42 Å². The Morgan fingerprint density at radius 1 is 0.879 bits per heavy atom. The van der Waals surface area contributed by atoms with Crippen molar-refractivity contribution in [1.82, 2.24) is 28.0 Å². The maximum Gasteiger partial charge on any atom is 0.332 e. The summed E-state index contributed by atoms with van der Waals surface area (Å²) in [6.45, 7) is 5.25. The van der Waals surface area contributed by atoms with Crippen LogP contribution in [0.2, 0.25) is 0 Å². The molecule has 0 aliphatic carbocycles.